The molecule has 11 heavy (non-hydrogen) atoms. The number of aliphatic hydroxyl groups excluding tert-OH is 1. The van der Waals surface area contributed by atoms with Crippen molar-refractivity contribution in [3.63, 3.8) is 0 Å². The Morgan fingerprint density at radius 3 is 3.00 bits per heavy atom. The number of aliphatic hydroxyl groups is 1. The summed E-state index contributed by atoms with van der Waals surface area (Å²) in [7, 11) is 0. The molecule has 4 heteroatoms. The van der Waals surface area contributed by atoms with Crippen LogP contribution in [0, 0.1) is 11.3 Å². The van der Waals surface area contributed by atoms with Gasteiger partial charge in [-0.2, -0.15) is 5.26 Å². The first-order valence-corrected chi connectivity index (χ1v) is 3.22. The third-order valence-corrected chi connectivity index (χ3v) is 1.45. The average molecular weight is 151 g/mol. The number of nitriles is 1. The number of nitrogens with two attached hydrogens (primary N) is 1. The Balaban J connectivity index is 2.82. The van der Waals surface area contributed by atoms with Gasteiger partial charge in [0.25, 0.3) is 0 Å². The van der Waals surface area contributed by atoms with Crippen LogP contribution in [0.4, 0.5) is 0 Å². The van der Waals surface area contributed by atoms with Gasteiger partial charge < -0.3 is 15.8 Å². The lowest BCUT2D eigenvalue weighted by Crippen LogP contribution is -2.13. The van der Waals surface area contributed by atoms with Gasteiger partial charge in [0.2, 0.25) is 0 Å². The molecule has 1 heterocycles. The normalized spacial score (nSPS) is 12.5. The van der Waals surface area contributed by atoms with E-state index in [2.05, 4.69) is 4.98 Å². The summed E-state index contributed by atoms with van der Waals surface area (Å²) in [5, 5.41) is 17.1. The second-order valence-electron chi connectivity index (χ2n) is 2.25. The minimum atomic E-state index is -0.395. The zero-order valence-electron chi connectivity index (χ0n) is 5.91. The highest BCUT2D eigenvalue weighted by molar-refractivity contribution is 5.28. The molecule has 0 spiro atoms. The van der Waals surface area contributed by atoms with E-state index in [1.807, 2.05) is 6.07 Å². The Kier molecular flexibility index (Phi) is 2.26. The van der Waals surface area contributed by atoms with Crippen molar-refractivity contribution in [2.75, 3.05) is 6.61 Å². The monoisotopic (exact) mass is 151 g/mol. The van der Waals surface area contributed by atoms with E-state index in [1.165, 1.54) is 0 Å². The number of nitrogens with one attached hydrogen (secondary N) is 1. The molecular formula is C7H9N3O. The molecule has 0 radical (unpaired) electrons. The highest BCUT2D eigenvalue weighted by atomic mass is 16.3. The number of H-pyrrole nitrogens is 1. The zero-order chi connectivity index (χ0) is 8.27. The van der Waals surface area contributed by atoms with Crippen LogP contribution in [0.3, 0.4) is 0 Å². The highest BCUT2D eigenvalue weighted by Crippen LogP contribution is 2.09. The van der Waals surface area contributed by atoms with Gasteiger partial charge >= 0.3 is 0 Å². The zero-order valence-corrected chi connectivity index (χ0v) is 5.91. The standard InChI is InChI=1S/C7H9N3O/c8-2-6-1-5(3-10-6)7(9)4-11/h1,3,7,10-11H,4,9H2/t7-/m1/s1. The van der Waals surface area contributed by atoms with E-state index >= 15 is 0 Å². The van der Waals surface area contributed by atoms with E-state index in [0.29, 0.717) is 5.69 Å². The van der Waals surface area contributed by atoms with Crippen molar-refractivity contribution in [2.24, 2.45) is 5.73 Å². The second-order valence-corrected chi connectivity index (χ2v) is 2.25. The van der Waals surface area contributed by atoms with Gasteiger partial charge in [0.1, 0.15) is 11.8 Å². The molecule has 1 rings (SSSR count). The van der Waals surface area contributed by atoms with Crippen molar-refractivity contribution >= 4 is 0 Å². The maximum absolute atomic E-state index is 8.65. The third kappa shape index (κ3) is 1.58. The van der Waals surface area contributed by atoms with Crippen LogP contribution in [0.25, 0.3) is 0 Å². The SMILES string of the molecule is N#Cc1cc([C@H](N)CO)c[nH]1. The summed E-state index contributed by atoms with van der Waals surface area (Å²) >= 11 is 0. The molecule has 0 aromatic carbocycles. The Hall–Kier alpha value is -1.31. The number of nitrogens with zero attached hydrogens (tertiary/aromatic N) is 1. The first kappa shape index (κ1) is 7.79. The van der Waals surface area contributed by atoms with Crippen LogP contribution in [0.2, 0.25) is 0 Å². The molecular weight excluding hydrogens is 142 g/mol. The van der Waals surface area contributed by atoms with E-state index in [0.717, 1.165) is 5.56 Å². The van der Waals surface area contributed by atoms with Crippen molar-refractivity contribution in [3.8, 4) is 6.07 Å². The van der Waals surface area contributed by atoms with Gasteiger partial charge in [0.05, 0.1) is 12.6 Å². The third-order valence-electron chi connectivity index (χ3n) is 1.45. The van der Waals surface area contributed by atoms with Crippen LogP contribution in [-0.2, 0) is 0 Å². The molecule has 0 saturated carbocycles. The van der Waals surface area contributed by atoms with Gasteiger partial charge in [0.15, 0.2) is 0 Å². The van der Waals surface area contributed by atoms with Crippen molar-refractivity contribution in [2.45, 2.75) is 6.04 Å². The number of rotatable bonds is 2. The summed E-state index contributed by atoms with van der Waals surface area (Å²) in [4.78, 5) is 2.72. The first-order chi connectivity index (χ1) is 5.27. The van der Waals surface area contributed by atoms with Crippen molar-refractivity contribution < 1.29 is 5.11 Å². The van der Waals surface area contributed by atoms with E-state index in [-0.39, 0.29) is 6.61 Å². The van der Waals surface area contributed by atoms with Crippen molar-refractivity contribution in [1.82, 2.24) is 4.98 Å². The van der Waals surface area contributed by atoms with Gasteiger partial charge in [-0.05, 0) is 11.6 Å². The number of hydrogen-bond donors (Lipinski definition) is 3. The summed E-state index contributed by atoms with van der Waals surface area (Å²) in [6.07, 6.45) is 1.62. The molecule has 1 atom stereocenters. The van der Waals surface area contributed by atoms with Crippen LogP contribution in [0.1, 0.15) is 17.3 Å². The smallest absolute Gasteiger partial charge is 0.117 e. The molecule has 0 fully saturated rings. The van der Waals surface area contributed by atoms with E-state index in [9.17, 15) is 0 Å². The Morgan fingerprint density at radius 2 is 2.55 bits per heavy atom. The Morgan fingerprint density at radius 1 is 1.82 bits per heavy atom. The quantitative estimate of drug-likeness (QED) is 0.550. The van der Waals surface area contributed by atoms with Crippen LogP contribution in [0.5, 0.6) is 0 Å². The molecule has 4 N–H and O–H groups in total. The number of aromatic amines is 1. The topological polar surface area (TPSA) is 85.8 Å². The Bertz CT molecular complexity index is 273. The van der Waals surface area contributed by atoms with Crippen LogP contribution < -0.4 is 5.73 Å². The molecule has 58 valence electrons. The molecule has 0 amide bonds. The summed E-state index contributed by atoms with van der Waals surface area (Å²) in [6.45, 7) is -0.108. The lowest BCUT2D eigenvalue weighted by atomic mass is 10.2. The molecule has 1 aromatic rings. The van der Waals surface area contributed by atoms with Crippen molar-refractivity contribution in [1.29, 1.82) is 5.26 Å². The highest BCUT2D eigenvalue weighted by Gasteiger charge is 2.05. The second kappa shape index (κ2) is 3.19. The molecule has 1 aromatic heterocycles. The maximum atomic E-state index is 8.65. The summed E-state index contributed by atoms with van der Waals surface area (Å²) in [6, 6.07) is 3.16. The molecule has 0 bridgehead atoms. The van der Waals surface area contributed by atoms with Gasteiger partial charge in [0, 0.05) is 6.20 Å². The molecule has 0 saturated heterocycles. The van der Waals surface area contributed by atoms with E-state index in [4.69, 9.17) is 16.1 Å². The molecule has 4 nitrogen and oxygen atoms in total. The van der Waals surface area contributed by atoms with Gasteiger partial charge in [-0.1, -0.05) is 0 Å². The fraction of sp³-hybridized carbons (Fsp3) is 0.286. The van der Waals surface area contributed by atoms with E-state index in [1.54, 1.807) is 12.3 Å². The molecule has 0 unspecified atom stereocenters. The summed E-state index contributed by atoms with van der Waals surface area (Å²) < 4.78 is 0. The van der Waals surface area contributed by atoms with Crippen LogP contribution >= 0.6 is 0 Å². The first-order valence-electron chi connectivity index (χ1n) is 3.22. The fourth-order valence-electron chi connectivity index (χ4n) is 0.795. The molecule has 0 aliphatic rings. The van der Waals surface area contributed by atoms with Gasteiger partial charge in [-0.3, -0.25) is 0 Å². The largest absolute Gasteiger partial charge is 0.394 e. The van der Waals surface area contributed by atoms with Crippen LogP contribution in [0.15, 0.2) is 12.3 Å². The predicted octanol–water partition coefficient (Wildman–Crippen LogP) is -0.122. The van der Waals surface area contributed by atoms with E-state index < -0.39 is 6.04 Å². The number of hydrogen-bond acceptors (Lipinski definition) is 3. The lowest BCUT2D eigenvalue weighted by Gasteiger charge is -2.02. The summed E-state index contributed by atoms with van der Waals surface area (Å²) in [5.41, 5.74) is 6.70. The average Bonchev–Trinajstić information content (AvgIpc) is 2.50. The minimum Gasteiger partial charge on any atom is -0.394 e. The number of aromatic nitrogens is 1. The van der Waals surface area contributed by atoms with Gasteiger partial charge in [-0.15, -0.1) is 0 Å². The predicted molar refractivity (Wildman–Crippen MR) is 39.5 cm³/mol. The van der Waals surface area contributed by atoms with Crippen LogP contribution in [-0.4, -0.2) is 16.7 Å². The molecule has 0 aliphatic heterocycles. The maximum Gasteiger partial charge on any atom is 0.117 e. The van der Waals surface area contributed by atoms with Gasteiger partial charge in [-0.25, -0.2) is 0 Å². The minimum absolute atomic E-state index is 0.108. The summed E-state index contributed by atoms with van der Waals surface area (Å²) in [5.74, 6) is 0. The van der Waals surface area contributed by atoms with Crippen molar-refractivity contribution in [3.05, 3.63) is 23.5 Å². The lowest BCUT2D eigenvalue weighted by molar-refractivity contribution is 0.268. The Labute approximate surface area is 64.3 Å². The fourth-order valence-corrected chi connectivity index (χ4v) is 0.795. The molecule has 0 aliphatic carbocycles.